The summed E-state index contributed by atoms with van der Waals surface area (Å²) in [5.74, 6) is 1.22. The molecule has 146 valence electrons. The fraction of sp³-hybridized carbons (Fsp3) is 0.273. The van der Waals surface area contributed by atoms with Crippen LogP contribution in [-0.4, -0.2) is 34.0 Å². The van der Waals surface area contributed by atoms with E-state index in [9.17, 15) is 9.50 Å². The molecule has 1 aliphatic rings. The van der Waals surface area contributed by atoms with Crippen molar-refractivity contribution in [1.29, 1.82) is 0 Å². The molecule has 0 fully saturated rings. The molecule has 0 saturated carbocycles. The van der Waals surface area contributed by atoms with E-state index in [1.165, 1.54) is 6.07 Å². The van der Waals surface area contributed by atoms with Crippen LogP contribution in [0.2, 0.25) is 0 Å². The van der Waals surface area contributed by atoms with Gasteiger partial charge in [-0.2, -0.15) is 0 Å². The molecule has 0 bridgehead atoms. The molecule has 3 aromatic rings. The van der Waals surface area contributed by atoms with Crippen LogP contribution >= 0.6 is 0 Å². The van der Waals surface area contributed by atoms with E-state index in [-0.39, 0.29) is 12.6 Å². The normalized spacial score (nSPS) is 13.9. The minimum Gasteiger partial charge on any atom is -0.454 e. The van der Waals surface area contributed by atoms with Crippen molar-refractivity contribution in [2.75, 3.05) is 13.3 Å². The summed E-state index contributed by atoms with van der Waals surface area (Å²) in [7, 11) is 0. The lowest BCUT2D eigenvalue weighted by Crippen LogP contribution is -2.31. The summed E-state index contributed by atoms with van der Waals surface area (Å²) in [4.78, 5) is 2.13. The number of aliphatic hydroxyl groups is 1. The molecule has 2 aromatic carbocycles. The van der Waals surface area contributed by atoms with Crippen molar-refractivity contribution in [2.24, 2.45) is 0 Å². The lowest BCUT2D eigenvalue weighted by molar-refractivity contribution is 0.117. The second-order valence-corrected chi connectivity index (χ2v) is 7.03. The third-order valence-corrected chi connectivity index (χ3v) is 4.70. The first kappa shape index (κ1) is 18.5. The van der Waals surface area contributed by atoms with Crippen LogP contribution in [-0.2, 0) is 13.1 Å². The largest absolute Gasteiger partial charge is 0.454 e. The highest BCUT2D eigenvalue weighted by atomic mass is 19.1. The van der Waals surface area contributed by atoms with Crippen molar-refractivity contribution in [2.45, 2.75) is 26.1 Å². The van der Waals surface area contributed by atoms with E-state index in [0.717, 1.165) is 22.8 Å². The Morgan fingerprint density at radius 1 is 1.07 bits per heavy atom. The number of hydrogen-bond acceptors (Lipinski definition) is 4. The van der Waals surface area contributed by atoms with Gasteiger partial charge in [-0.15, -0.1) is 0 Å². The van der Waals surface area contributed by atoms with Crippen LogP contribution < -0.4 is 9.47 Å². The molecule has 0 spiro atoms. The first-order chi connectivity index (χ1) is 13.6. The van der Waals surface area contributed by atoms with Crippen molar-refractivity contribution in [3.8, 4) is 17.2 Å². The summed E-state index contributed by atoms with van der Waals surface area (Å²) in [6, 6.07) is 16.5. The Balaban J connectivity index is 1.56. The lowest BCUT2D eigenvalue weighted by Gasteiger charge is -2.25. The van der Waals surface area contributed by atoms with E-state index in [2.05, 4.69) is 4.90 Å². The van der Waals surface area contributed by atoms with Crippen LogP contribution in [0.15, 0.2) is 60.8 Å². The zero-order chi connectivity index (χ0) is 19.5. The molecule has 5 nitrogen and oxygen atoms in total. The molecule has 1 N–H and O–H groups in total. The highest BCUT2D eigenvalue weighted by Gasteiger charge is 2.17. The topological polar surface area (TPSA) is 46.9 Å². The van der Waals surface area contributed by atoms with Gasteiger partial charge in [0, 0.05) is 31.5 Å². The number of ether oxygens (including phenoxy) is 2. The van der Waals surface area contributed by atoms with Crippen molar-refractivity contribution in [3.05, 3.63) is 77.9 Å². The van der Waals surface area contributed by atoms with Crippen LogP contribution in [0.1, 0.15) is 18.2 Å². The maximum atomic E-state index is 14.3. The van der Waals surface area contributed by atoms with Gasteiger partial charge in [0.15, 0.2) is 11.5 Å². The molecule has 0 amide bonds. The fourth-order valence-corrected chi connectivity index (χ4v) is 3.51. The zero-order valence-electron chi connectivity index (χ0n) is 15.7. The molecular weight excluding hydrogens is 359 g/mol. The number of fused-ring (bicyclic) bond motifs is 1. The fourth-order valence-electron chi connectivity index (χ4n) is 3.51. The third kappa shape index (κ3) is 4.03. The van der Waals surface area contributed by atoms with Gasteiger partial charge in [0.25, 0.3) is 0 Å². The van der Waals surface area contributed by atoms with Gasteiger partial charge < -0.3 is 19.1 Å². The summed E-state index contributed by atoms with van der Waals surface area (Å²) < 4.78 is 26.9. The van der Waals surface area contributed by atoms with Crippen molar-refractivity contribution in [3.63, 3.8) is 0 Å². The van der Waals surface area contributed by atoms with E-state index >= 15 is 0 Å². The Hall–Kier alpha value is -2.83. The van der Waals surface area contributed by atoms with Gasteiger partial charge in [-0.3, -0.25) is 4.90 Å². The molecule has 4 rings (SSSR count). The number of aliphatic hydroxyl groups excluding tert-OH is 1. The molecule has 0 saturated heterocycles. The number of para-hydroxylation sites is 1. The van der Waals surface area contributed by atoms with Crippen molar-refractivity contribution < 1.29 is 19.0 Å². The number of nitrogens with zero attached hydrogens (tertiary/aromatic N) is 2. The van der Waals surface area contributed by atoms with Gasteiger partial charge in [-0.25, -0.2) is 4.39 Å². The standard InChI is InChI=1S/C22H23FN2O3/c1-16(26)12-24(13-17-8-9-21-22(11-17)28-15-27-21)14-18-5-4-10-25(18)20-7-3-2-6-19(20)23/h2-11,16,26H,12-15H2,1H3. The van der Waals surface area contributed by atoms with Crippen LogP contribution in [0.5, 0.6) is 11.5 Å². The summed E-state index contributed by atoms with van der Waals surface area (Å²) in [6.45, 7) is 3.70. The average Bonchev–Trinajstić information content (AvgIpc) is 3.30. The van der Waals surface area contributed by atoms with Crippen LogP contribution in [0.3, 0.4) is 0 Å². The first-order valence-electron chi connectivity index (χ1n) is 9.30. The average molecular weight is 382 g/mol. The Morgan fingerprint density at radius 2 is 1.89 bits per heavy atom. The number of hydrogen-bond donors (Lipinski definition) is 1. The molecular formula is C22H23FN2O3. The molecule has 0 aliphatic carbocycles. The smallest absolute Gasteiger partial charge is 0.231 e. The minimum absolute atomic E-state index is 0.242. The number of benzene rings is 2. The molecule has 1 atom stereocenters. The molecule has 2 heterocycles. The second kappa shape index (κ2) is 8.04. The Morgan fingerprint density at radius 3 is 2.71 bits per heavy atom. The van der Waals surface area contributed by atoms with Gasteiger partial charge in [0.1, 0.15) is 5.82 Å². The maximum absolute atomic E-state index is 14.3. The third-order valence-electron chi connectivity index (χ3n) is 4.70. The molecule has 6 heteroatoms. The van der Waals surface area contributed by atoms with E-state index in [0.29, 0.717) is 25.3 Å². The van der Waals surface area contributed by atoms with E-state index < -0.39 is 6.10 Å². The maximum Gasteiger partial charge on any atom is 0.231 e. The SMILES string of the molecule is CC(O)CN(Cc1ccc2c(c1)OCO2)Cc1cccn1-c1ccccc1F. The monoisotopic (exact) mass is 382 g/mol. The van der Waals surface area contributed by atoms with Crippen LogP contribution in [0.4, 0.5) is 4.39 Å². The van der Waals surface area contributed by atoms with Gasteiger partial charge in [-0.1, -0.05) is 18.2 Å². The van der Waals surface area contributed by atoms with E-state index in [4.69, 9.17) is 9.47 Å². The lowest BCUT2D eigenvalue weighted by atomic mass is 10.1. The molecule has 0 radical (unpaired) electrons. The first-order valence-corrected chi connectivity index (χ1v) is 9.30. The van der Waals surface area contributed by atoms with E-state index in [1.807, 2.05) is 47.2 Å². The predicted molar refractivity (Wildman–Crippen MR) is 104 cm³/mol. The summed E-state index contributed by atoms with van der Waals surface area (Å²) >= 11 is 0. The second-order valence-electron chi connectivity index (χ2n) is 7.03. The molecule has 1 aliphatic heterocycles. The number of aromatic nitrogens is 1. The van der Waals surface area contributed by atoms with Gasteiger partial charge in [0.05, 0.1) is 11.8 Å². The highest BCUT2D eigenvalue weighted by molar-refractivity contribution is 5.44. The summed E-state index contributed by atoms with van der Waals surface area (Å²) in [6.07, 6.45) is 1.38. The number of rotatable bonds is 7. The van der Waals surface area contributed by atoms with Crippen molar-refractivity contribution >= 4 is 0 Å². The Labute approximate surface area is 163 Å². The molecule has 1 aromatic heterocycles. The zero-order valence-corrected chi connectivity index (χ0v) is 15.7. The van der Waals surface area contributed by atoms with Gasteiger partial charge >= 0.3 is 0 Å². The van der Waals surface area contributed by atoms with Gasteiger partial charge in [0.2, 0.25) is 6.79 Å². The van der Waals surface area contributed by atoms with Gasteiger partial charge in [-0.05, 0) is 48.9 Å². The summed E-state index contributed by atoms with van der Waals surface area (Å²) in [5.41, 5.74) is 2.53. The van der Waals surface area contributed by atoms with Crippen LogP contribution in [0.25, 0.3) is 5.69 Å². The quantitative estimate of drug-likeness (QED) is 0.676. The van der Waals surface area contributed by atoms with E-state index in [1.54, 1.807) is 19.1 Å². The highest BCUT2D eigenvalue weighted by Crippen LogP contribution is 2.33. The van der Waals surface area contributed by atoms with Crippen LogP contribution in [0, 0.1) is 5.82 Å². The molecule has 1 unspecified atom stereocenters. The Kier molecular flexibility index (Phi) is 5.32. The van der Waals surface area contributed by atoms with Crippen molar-refractivity contribution in [1.82, 2.24) is 9.47 Å². The number of halogens is 1. The minimum atomic E-state index is -0.481. The summed E-state index contributed by atoms with van der Waals surface area (Å²) in [5, 5.41) is 9.96. The molecule has 28 heavy (non-hydrogen) atoms. The Bertz CT molecular complexity index is 954. The predicted octanol–water partition coefficient (Wildman–Crippen LogP) is 3.73.